The van der Waals surface area contributed by atoms with Crippen LogP contribution >= 0.6 is 11.6 Å². The fourth-order valence-electron chi connectivity index (χ4n) is 0.911. The minimum absolute atomic E-state index is 0.319. The molecule has 0 amide bonds. The van der Waals surface area contributed by atoms with Gasteiger partial charge in [0.25, 0.3) is 5.24 Å². The highest BCUT2D eigenvalue weighted by atomic mass is 35.5. The number of carbonyl (C=O) groups excluding carboxylic acids is 1. The number of hydrogen-bond acceptors (Lipinski definition) is 4. The summed E-state index contributed by atoms with van der Waals surface area (Å²) in [7, 11) is 0. The summed E-state index contributed by atoms with van der Waals surface area (Å²) < 4.78 is 4.94. The quantitative estimate of drug-likeness (QED) is 0.667. The van der Waals surface area contributed by atoms with Gasteiger partial charge in [0.15, 0.2) is 0 Å². The summed E-state index contributed by atoms with van der Waals surface area (Å²) in [5, 5.41) is -0.532. The van der Waals surface area contributed by atoms with E-state index in [0.29, 0.717) is 5.56 Å². The van der Waals surface area contributed by atoms with Crippen molar-refractivity contribution in [3.8, 4) is 0 Å². The molecule has 4 nitrogen and oxygen atoms in total. The van der Waals surface area contributed by atoms with Crippen LogP contribution in [0.3, 0.4) is 0 Å². The molecule has 0 unspecified atom stereocenters. The van der Waals surface area contributed by atoms with Gasteiger partial charge in [0.2, 0.25) is 0 Å². The summed E-state index contributed by atoms with van der Waals surface area (Å²) in [6.07, 6.45) is 6.62. The molecule has 2 rings (SSSR count). The Kier molecular flexibility index (Phi) is 5.11. The van der Waals surface area contributed by atoms with E-state index in [1.807, 2.05) is 0 Å². The summed E-state index contributed by atoms with van der Waals surface area (Å²) in [6, 6.07) is 0. The average Bonchev–Trinajstić information content (AvgIpc) is 2.77. The fraction of sp³-hybridized carbons (Fsp3) is 0.444. The van der Waals surface area contributed by atoms with Crippen LogP contribution in [0.1, 0.15) is 23.2 Å². The Hall–Kier alpha value is -1.00. The van der Waals surface area contributed by atoms with E-state index in [9.17, 15) is 4.79 Å². The van der Waals surface area contributed by atoms with Gasteiger partial charge in [-0.3, -0.25) is 4.79 Å². The number of halogens is 1. The molecule has 0 aliphatic carbocycles. The zero-order valence-electron chi connectivity index (χ0n) is 7.65. The molecule has 76 valence electrons. The van der Waals surface area contributed by atoms with Crippen molar-refractivity contribution in [3.63, 3.8) is 0 Å². The van der Waals surface area contributed by atoms with Crippen LogP contribution in [0.4, 0.5) is 0 Å². The molecule has 1 aliphatic heterocycles. The SMILES string of the molecule is C1CCOC1.O=C(Cl)c1cncnc1. The third kappa shape index (κ3) is 4.30. The van der Waals surface area contributed by atoms with Crippen LogP contribution in [0, 0.1) is 0 Å². The van der Waals surface area contributed by atoms with Crippen LogP contribution in [0.25, 0.3) is 0 Å². The van der Waals surface area contributed by atoms with Crippen LogP contribution in [0.2, 0.25) is 0 Å². The van der Waals surface area contributed by atoms with Gasteiger partial charge in [0.1, 0.15) is 6.33 Å². The summed E-state index contributed by atoms with van der Waals surface area (Å²) in [6.45, 7) is 2.00. The molecule has 0 bridgehead atoms. The van der Waals surface area contributed by atoms with Gasteiger partial charge in [-0.15, -0.1) is 0 Å². The summed E-state index contributed by atoms with van der Waals surface area (Å²) in [4.78, 5) is 17.5. The maximum Gasteiger partial charge on any atom is 0.255 e. The molecule has 5 heteroatoms. The first-order valence-electron chi connectivity index (χ1n) is 4.33. The highest BCUT2D eigenvalue weighted by molar-refractivity contribution is 6.67. The molecule has 0 radical (unpaired) electrons. The summed E-state index contributed by atoms with van der Waals surface area (Å²) in [5.74, 6) is 0. The highest BCUT2D eigenvalue weighted by Gasteiger charge is 1.98. The van der Waals surface area contributed by atoms with Gasteiger partial charge in [-0.1, -0.05) is 0 Å². The minimum atomic E-state index is -0.532. The van der Waals surface area contributed by atoms with Crippen molar-refractivity contribution in [3.05, 3.63) is 24.3 Å². The highest BCUT2D eigenvalue weighted by Crippen LogP contribution is 1.98. The number of carbonyl (C=O) groups is 1. The second-order valence-corrected chi connectivity index (χ2v) is 3.06. The molecule has 0 aromatic carbocycles. The van der Waals surface area contributed by atoms with Gasteiger partial charge in [-0.05, 0) is 24.4 Å². The Balaban J connectivity index is 0.000000165. The number of ether oxygens (including phenoxy) is 1. The fourth-order valence-corrected chi connectivity index (χ4v) is 1.01. The van der Waals surface area contributed by atoms with Gasteiger partial charge >= 0.3 is 0 Å². The van der Waals surface area contributed by atoms with Gasteiger partial charge < -0.3 is 4.74 Å². The third-order valence-corrected chi connectivity index (χ3v) is 1.83. The normalized spacial score (nSPS) is 14.4. The standard InChI is InChI=1S/C5H3ClN2O.C4H8O/c6-5(9)4-1-7-3-8-2-4;1-2-4-5-3-1/h1-3H;1-4H2. The molecule has 1 aliphatic rings. The molecule has 1 aromatic rings. The van der Waals surface area contributed by atoms with E-state index >= 15 is 0 Å². The van der Waals surface area contributed by atoms with Crippen molar-refractivity contribution in [2.75, 3.05) is 13.2 Å². The molecule has 0 spiro atoms. The van der Waals surface area contributed by atoms with E-state index in [4.69, 9.17) is 16.3 Å². The summed E-state index contributed by atoms with van der Waals surface area (Å²) in [5.41, 5.74) is 0.319. The van der Waals surface area contributed by atoms with Crippen molar-refractivity contribution in [2.45, 2.75) is 12.8 Å². The minimum Gasteiger partial charge on any atom is -0.381 e. The first-order valence-corrected chi connectivity index (χ1v) is 4.71. The maximum absolute atomic E-state index is 10.3. The van der Waals surface area contributed by atoms with E-state index in [2.05, 4.69) is 9.97 Å². The van der Waals surface area contributed by atoms with Crippen LogP contribution in [-0.2, 0) is 4.74 Å². The van der Waals surface area contributed by atoms with Crippen molar-refractivity contribution in [1.29, 1.82) is 0 Å². The number of hydrogen-bond donors (Lipinski definition) is 0. The molecule has 14 heavy (non-hydrogen) atoms. The van der Waals surface area contributed by atoms with Crippen molar-refractivity contribution < 1.29 is 9.53 Å². The van der Waals surface area contributed by atoms with E-state index in [1.165, 1.54) is 31.6 Å². The predicted molar refractivity (Wildman–Crippen MR) is 52.3 cm³/mol. The van der Waals surface area contributed by atoms with Gasteiger partial charge in [-0.2, -0.15) is 0 Å². The lowest BCUT2D eigenvalue weighted by molar-refractivity contribution is 0.108. The lowest BCUT2D eigenvalue weighted by atomic mass is 10.4. The van der Waals surface area contributed by atoms with Crippen LogP contribution < -0.4 is 0 Å². The van der Waals surface area contributed by atoms with Gasteiger partial charge in [0, 0.05) is 25.6 Å². The maximum atomic E-state index is 10.3. The number of nitrogens with zero attached hydrogens (tertiary/aromatic N) is 2. The van der Waals surface area contributed by atoms with Crippen molar-refractivity contribution >= 4 is 16.8 Å². The lowest BCUT2D eigenvalue weighted by Crippen LogP contribution is -1.89. The molecule has 2 heterocycles. The molecular formula is C9H11ClN2O2. The van der Waals surface area contributed by atoms with E-state index in [0.717, 1.165) is 13.2 Å². The van der Waals surface area contributed by atoms with Crippen molar-refractivity contribution in [2.24, 2.45) is 0 Å². The largest absolute Gasteiger partial charge is 0.381 e. The van der Waals surface area contributed by atoms with Gasteiger partial charge in [-0.25, -0.2) is 9.97 Å². The zero-order valence-corrected chi connectivity index (χ0v) is 8.41. The Morgan fingerprint density at radius 1 is 1.29 bits per heavy atom. The Morgan fingerprint density at radius 2 is 1.86 bits per heavy atom. The molecule has 0 N–H and O–H groups in total. The average molecular weight is 215 g/mol. The molecule has 1 fully saturated rings. The number of rotatable bonds is 1. The van der Waals surface area contributed by atoms with E-state index in [1.54, 1.807) is 0 Å². The van der Waals surface area contributed by atoms with Crippen LogP contribution in [-0.4, -0.2) is 28.4 Å². The van der Waals surface area contributed by atoms with Crippen LogP contribution in [0.15, 0.2) is 18.7 Å². The lowest BCUT2D eigenvalue weighted by Gasteiger charge is -1.86. The molecule has 0 saturated carbocycles. The molecule has 1 aromatic heterocycles. The first kappa shape index (κ1) is 11.1. The Morgan fingerprint density at radius 3 is 2.14 bits per heavy atom. The second kappa shape index (κ2) is 6.45. The summed E-state index contributed by atoms with van der Waals surface area (Å²) >= 11 is 5.08. The molecular weight excluding hydrogens is 204 g/mol. The third-order valence-electron chi connectivity index (χ3n) is 1.61. The Bertz CT molecular complexity index is 268. The Labute approximate surface area is 87.3 Å². The van der Waals surface area contributed by atoms with E-state index < -0.39 is 5.24 Å². The topological polar surface area (TPSA) is 52.1 Å². The second-order valence-electron chi connectivity index (χ2n) is 2.72. The first-order chi connectivity index (χ1) is 6.80. The zero-order chi connectivity index (χ0) is 10.2. The molecule has 1 saturated heterocycles. The number of aromatic nitrogens is 2. The van der Waals surface area contributed by atoms with Crippen molar-refractivity contribution in [1.82, 2.24) is 9.97 Å². The predicted octanol–water partition coefficient (Wildman–Crippen LogP) is 1.65. The smallest absolute Gasteiger partial charge is 0.255 e. The molecule has 0 atom stereocenters. The van der Waals surface area contributed by atoms with Gasteiger partial charge in [0.05, 0.1) is 5.56 Å². The van der Waals surface area contributed by atoms with E-state index in [-0.39, 0.29) is 0 Å². The van der Waals surface area contributed by atoms with Crippen LogP contribution in [0.5, 0.6) is 0 Å². The monoisotopic (exact) mass is 214 g/mol.